The maximum absolute atomic E-state index is 12.9. The third-order valence-electron chi connectivity index (χ3n) is 5.56. The van der Waals surface area contributed by atoms with Gasteiger partial charge in [0.05, 0.1) is 32.4 Å². The number of nitrogens with zero attached hydrogens (tertiary/aromatic N) is 2. The van der Waals surface area contributed by atoms with Crippen LogP contribution in [0.15, 0.2) is 75.4 Å². The summed E-state index contributed by atoms with van der Waals surface area (Å²) in [6, 6.07) is 16.3. The number of imide groups is 1. The van der Waals surface area contributed by atoms with Crippen LogP contribution in [-0.4, -0.2) is 46.5 Å². The van der Waals surface area contributed by atoms with E-state index in [1.54, 1.807) is 12.1 Å². The lowest BCUT2D eigenvalue weighted by molar-refractivity contribution is -0.387. The van der Waals surface area contributed by atoms with Crippen LogP contribution < -0.4 is 5.32 Å². The predicted octanol–water partition coefficient (Wildman–Crippen LogP) is 6.17. The van der Waals surface area contributed by atoms with E-state index in [1.807, 2.05) is 31.2 Å². The molecule has 40 heavy (non-hydrogen) atoms. The third kappa shape index (κ3) is 6.71. The Morgan fingerprint density at radius 1 is 1.12 bits per heavy atom. The molecule has 1 aliphatic rings. The van der Waals surface area contributed by atoms with Crippen LogP contribution in [0.25, 0.3) is 6.08 Å². The molecule has 10 nitrogen and oxygen atoms in total. The Hall–Kier alpha value is -4.13. The van der Waals surface area contributed by atoms with Gasteiger partial charge in [0, 0.05) is 16.6 Å². The summed E-state index contributed by atoms with van der Waals surface area (Å²) < 4.78 is 4.65. The number of esters is 1. The zero-order valence-electron chi connectivity index (χ0n) is 21.0. The normalized spacial score (nSPS) is 14.0. The molecule has 204 valence electrons. The van der Waals surface area contributed by atoms with Crippen LogP contribution in [-0.2, 0) is 14.3 Å². The van der Waals surface area contributed by atoms with Crippen LogP contribution in [0.4, 0.5) is 16.2 Å². The summed E-state index contributed by atoms with van der Waals surface area (Å²) in [6.45, 7) is 1.37. The second-order valence-electron chi connectivity index (χ2n) is 8.40. The topological polar surface area (TPSA) is 136 Å². The highest BCUT2D eigenvalue weighted by atomic mass is 35.5. The number of nitro benzene ring substituents is 1. The van der Waals surface area contributed by atoms with Crippen molar-refractivity contribution in [3.05, 3.63) is 97.4 Å². The maximum atomic E-state index is 12.9. The van der Waals surface area contributed by atoms with Crippen molar-refractivity contribution < 1.29 is 28.8 Å². The number of nitrogens with one attached hydrogen (secondary N) is 1. The van der Waals surface area contributed by atoms with E-state index in [1.165, 1.54) is 49.2 Å². The summed E-state index contributed by atoms with van der Waals surface area (Å²) in [6.07, 6.45) is 1.37. The molecule has 0 unspecified atom stereocenters. The molecule has 0 radical (unpaired) electrons. The van der Waals surface area contributed by atoms with E-state index in [4.69, 9.17) is 11.6 Å². The SMILES string of the molecule is COC(=O)c1cc(NC(=O)CN2C(=O)S/C(=C\c3ccc(Sc4ccc(C)cc4)c([N+](=O)[O-])c3)C2=O)ccc1Cl. The molecule has 0 aliphatic carbocycles. The molecule has 3 aromatic carbocycles. The fourth-order valence-corrected chi connectivity index (χ4v) is 5.52. The lowest BCUT2D eigenvalue weighted by atomic mass is 10.2. The number of ether oxygens (including phenoxy) is 1. The molecule has 0 aromatic heterocycles. The molecular formula is C27H20ClN3O7S2. The van der Waals surface area contributed by atoms with Crippen molar-refractivity contribution in [1.82, 2.24) is 4.90 Å². The number of hydrogen-bond acceptors (Lipinski definition) is 9. The van der Waals surface area contributed by atoms with Crippen LogP contribution in [0.3, 0.4) is 0 Å². The van der Waals surface area contributed by atoms with Crippen LogP contribution in [0.5, 0.6) is 0 Å². The molecule has 3 aromatic rings. The largest absolute Gasteiger partial charge is 0.465 e. The van der Waals surface area contributed by atoms with E-state index in [-0.39, 0.29) is 26.9 Å². The predicted molar refractivity (Wildman–Crippen MR) is 152 cm³/mol. The number of halogens is 1. The van der Waals surface area contributed by atoms with E-state index in [9.17, 15) is 29.3 Å². The number of carbonyl (C=O) groups is 4. The summed E-state index contributed by atoms with van der Waals surface area (Å²) >= 11 is 7.85. The van der Waals surface area contributed by atoms with Gasteiger partial charge < -0.3 is 10.1 Å². The molecule has 1 saturated heterocycles. The lowest BCUT2D eigenvalue weighted by Gasteiger charge is -2.13. The average molecular weight is 598 g/mol. The van der Waals surface area contributed by atoms with Gasteiger partial charge in [0.15, 0.2) is 0 Å². The first kappa shape index (κ1) is 28.9. The number of anilines is 1. The Labute approximate surface area is 241 Å². The highest BCUT2D eigenvalue weighted by molar-refractivity contribution is 8.18. The van der Waals surface area contributed by atoms with Crippen LogP contribution in [0.2, 0.25) is 5.02 Å². The molecular weight excluding hydrogens is 578 g/mol. The summed E-state index contributed by atoms with van der Waals surface area (Å²) in [5, 5.41) is 13.7. The quantitative estimate of drug-likeness (QED) is 0.140. The van der Waals surface area contributed by atoms with Crippen molar-refractivity contribution in [1.29, 1.82) is 0 Å². The zero-order chi connectivity index (χ0) is 29.0. The number of amides is 3. The van der Waals surface area contributed by atoms with Crippen LogP contribution in [0, 0.1) is 17.0 Å². The highest BCUT2D eigenvalue weighted by Crippen LogP contribution is 2.37. The summed E-state index contributed by atoms with van der Waals surface area (Å²) in [7, 11) is 1.19. The minimum Gasteiger partial charge on any atom is -0.465 e. The van der Waals surface area contributed by atoms with Gasteiger partial charge in [-0.3, -0.25) is 29.4 Å². The Morgan fingerprint density at radius 3 is 2.52 bits per heavy atom. The van der Waals surface area contributed by atoms with E-state index in [0.29, 0.717) is 22.2 Å². The minimum atomic E-state index is -0.711. The first-order valence-corrected chi connectivity index (χ1v) is 13.5. The van der Waals surface area contributed by atoms with Crippen molar-refractivity contribution in [2.75, 3.05) is 19.0 Å². The Morgan fingerprint density at radius 2 is 1.85 bits per heavy atom. The lowest BCUT2D eigenvalue weighted by Crippen LogP contribution is -2.36. The molecule has 1 N–H and O–H groups in total. The summed E-state index contributed by atoms with van der Waals surface area (Å²) in [5.74, 6) is -2.09. The number of hydrogen-bond donors (Lipinski definition) is 1. The molecule has 0 spiro atoms. The second-order valence-corrected chi connectivity index (χ2v) is 10.9. The van der Waals surface area contributed by atoms with Crippen molar-refractivity contribution in [2.24, 2.45) is 0 Å². The standard InChI is InChI=1S/C27H20ClN3O7S2/c1-15-3-7-18(8-4-15)39-22-10-5-16(11-21(22)31(36)37)12-23-25(33)30(27(35)40-23)14-24(32)29-17-6-9-20(28)19(13-17)26(34)38-2/h3-13H,14H2,1-2H3,(H,29,32)/b23-12-. The van der Waals surface area contributed by atoms with Gasteiger partial charge >= 0.3 is 5.97 Å². The van der Waals surface area contributed by atoms with E-state index >= 15 is 0 Å². The first-order chi connectivity index (χ1) is 19.0. The fraction of sp³-hybridized carbons (Fsp3) is 0.111. The highest BCUT2D eigenvalue weighted by Gasteiger charge is 2.36. The number of aryl methyl sites for hydroxylation is 1. The Kier molecular flexibility index (Phi) is 8.93. The molecule has 3 amide bonds. The smallest absolute Gasteiger partial charge is 0.339 e. The van der Waals surface area contributed by atoms with Gasteiger partial charge in [0.1, 0.15) is 6.54 Å². The summed E-state index contributed by atoms with van der Waals surface area (Å²) in [4.78, 5) is 63.1. The van der Waals surface area contributed by atoms with E-state index in [0.717, 1.165) is 15.4 Å². The molecule has 1 aliphatic heterocycles. The third-order valence-corrected chi connectivity index (χ3v) is 7.87. The number of nitro groups is 1. The minimum absolute atomic E-state index is 0.0190. The number of carbonyl (C=O) groups excluding carboxylic acids is 4. The van der Waals surface area contributed by atoms with Gasteiger partial charge in [-0.1, -0.05) is 47.1 Å². The molecule has 0 bridgehead atoms. The Bertz CT molecular complexity index is 1570. The molecule has 4 rings (SSSR count). The average Bonchev–Trinajstić information content (AvgIpc) is 3.18. The van der Waals surface area contributed by atoms with Gasteiger partial charge in [-0.2, -0.15) is 0 Å². The summed E-state index contributed by atoms with van der Waals surface area (Å²) in [5.41, 5.74) is 1.53. The van der Waals surface area contributed by atoms with Crippen molar-refractivity contribution in [2.45, 2.75) is 16.7 Å². The fourth-order valence-electron chi connectivity index (χ4n) is 3.59. The molecule has 1 fully saturated rings. The van der Waals surface area contributed by atoms with Crippen LogP contribution >= 0.6 is 35.1 Å². The van der Waals surface area contributed by atoms with Gasteiger partial charge in [0.25, 0.3) is 16.8 Å². The Balaban J connectivity index is 1.48. The number of thioether (sulfide) groups is 1. The van der Waals surface area contributed by atoms with Crippen molar-refractivity contribution in [3.63, 3.8) is 0 Å². The maximum Gasteiger partial charge on any atom is 0.339 e. The number of rotatable bonds is 8. The van der Waals surface area contributed by atoms with Crippen molar-refractivity contribution in [3.8, 4) is 0 Å². The molecule has 0 saturated carbocycles. The van der Waals surface area contributed by atoms with Gasteiger partial charge in [0.2, 0.25) is 5.91 Å². The van der Waals surface area contributed by atoms with Crippen LogP contribution in [0.1, 0.15) is 21.5 Å². The van der Waals surface area contributed by atoms with Gasteiger partial charge in [-0.05, 0) is 66.7 Å². The molecule has 13 heteroatoms. The monoisotopic (exact) mass is 597 g/mol. The van der Waals surface area contributed by atoms with Gasteiger partial charge in [-0.15, -0.1) is 0 Å². The van der Waals surface area contributed by atoms with Gasteiger partial charge in [-0.25, -0.2) is 4.79 Å². The van der Waals surface area contributed by atoms with E-state index < -0.39 is 34.5 Å². The zero-order valence-corrected chi connectivity index (χ0v) is 23.4. The molecule has 1 heterocycles. The number of benzene rings is 3. The van der Waals surface area contributed by atoms with E-state index in [2.05, 4.69) is 10.1 Å². The number of methoxy groups -OCH3 is 1. The second kappa shape index (κ2) is 12.4. The molecule has 0 atom stereocenters. The van der Waals surface area contributed by atoms with Crippen molar-refractivity contribution >= 4 is 75.6 Å². The first-order valence-electron chi connectivity index (χ1n) is 11.5.